The monoisotopic (exact) mass is 285 g/mol. The van der Waals surface area contributed by atoms with Crippen LogP contribution in [0.3, 0.4) is 0 Å². The van der Waals surface area contributed by atoms with Crippen molar-refractivity contribution >= 4 is 35.1 Å². The second kappa shape index (κ2) is 6.93. The van der Waals surface area contributed by atoms with Gasteiger partial charge < -0.3 is 4.90 Å². The van der Waals surface area contributed by atoms with Crippen molar-refractivity contribution < 1.29 is 4.79 Å². The third-order valence-electron chi connectivity index (χ3n) is 2.51. The van der Waals surface area contributed by atoms with Gasteiger partial charge in [0.25, 0.3) is 0 Å². The van der Waals surface area contributed by atoms with Gasteiger partial charge in [-0.1, -0.05) is 42.3 Å². The Hall–Kier alpha value is -0.830. The number of ketones is 1. The van der Waals surface area contributed by atoms with E-state index in [2.05, 4.69) is 0 Å². The van der Waals surface area contributed by atoms with Crippen LogP contribution in [0.15, 0.2) is 24.3 Å². The van der Waals surface area contributed by atoms with Gasteiger partial charge in [-0.2, -0.15) is 0 Å². The van der Waals surface area contributed by atoms with Crippen LogP contribution in [0.25, 0.3) is 6.08 Å². The Bertz CT molecular complexity index is 455. The fraction of sp³-hybridized carbons (Fsp3) is 0.357. The van der Waals surface area contributed by atoms with Crippen LogP contribution >= 0.6 is 23.2 Å². The number of hydrogen-bond donors (Lipinski definition) is 0. The van der Waals surface area contributed by atoms with Crippen molar-refractivity contribution in [2.45, 2.75) is 6.92 Å². The normalized spacial score (nSPS) is 13.2. The molecule has 1 atom stereocenters. The number of hydrogen-bond acceptors (Lipinski definition) is 2. The highest BCUT2D eigenvalue weighted by molar-refractivity contribution is 6.42. The largest absolute Gasteiger partial charge is 0.309 e. The Kier molecular flexibility index (Phi) is 5.86. The first kappa shape index (κ1) is 15.2. The molecule has 0 N–H and O–H groups in total. The third kappa shape index (κ3) is 4.81. The second-order valence-electron chi connectivity index (χ2n) is 4.57. The van der Waals surface area contributed by atoms with Crippen molar-refractivity contribution in [2.75, 3.05) is 20.6 Å². The van der Waals surface area contributed by atoms with Crippen LogP contribution in [-0.2, 0) is 4.79 Å². The summed E-state index contributed by atoms with van der Waals surface area (Å²) in [5.41, 5.74) is 0.870. The lowest BCUT2D eigenvalue weighted by Gasteiger charge is -2.13. The topological polar surface area (TPSA) is 20.3 Å². The molecule has 0 aliphatic carbocycles. The average Bonchev–Trinajstić information content (AvgIpc) is 2.29. The van der Waals surface area contributed by atoms with Crippen LogP contribution in [0, 0.1) is 5.92 Å². The predicted molar refractivity (Wildman–Crippen MR) is 78.2 cm³/mol. The molecule has 0 saturated carbocycles. The van der Waals surface area contributed by atoms with E-state index in [0.717, 1.165) is 12.1 Å². The van der Waals surface area contributed by atoms with Crippen LogP contribution < -0.4 is 0 Å². The van der Waals surface area contributed by atoms with E-state index in [1.54, 1.807) is 24.3 Å². The number of allylic oxidation sites excluding steroid dienone is 1. The quantitative estimate of drug-likeness (QED) is 0.768. The van der Waals surface area contributed by atoms with Gasteiger partial charge in [0.15, 0.2) is 5.78 Å². The fourth-order valence-electron chi connectivity index (χ4n) is 1.60. The van der Waals surface area contributed by atoms with Crippen molar-refractivity contribution in [2.24, 2.45) is 5.92 Å². The molecule has 0 bridgehead atoms. The molecular formula is C14H17Cl2NO. The molecule has 0 unspecified atom stereocenters. The summed E-state index contributed by atoms with van der Waals surface area (Å²) in [5.74, 6) is 0.0915. The number of rotatable bonds is 5. The Labute approximate surface area is 118 Å². The second-order valence-corrected chi connectivity index (χ2v) is 5.39. The molecule has 0 amide bonds. The number of benzene rings is 1. The molecule has 0 radical (unpaired) electrons. The maximum atomic E-state index is 11.8. The molecule has 98 valence electrons. The zero-order valence-electron chi connectivity index (χ0n) is 10.8. The zero-order valence-corrected chi connectivity index (χ0v) is 12.3. The summed E-state index contributed by atoms with van der Waals surface area (Å²) in [6, 6.07) is 5.29. The standard InChI is InChI=1S/C14H17Cl2NO/c1-10(9-17(2)3)14(18)7-5-11-4-6-12(15)13(16)8-11/h4-8,10H,9H2,1-3H3/b7-5+/t10-/m1/s1. The van der Waals surface area contributed by atoms with E-state index in [1.165, 1.54) is 0 Å². The van der Waals surface area contributed by atoms with E-state index in [1.807, 2.05) is 32.0 Å². The Morgan fingerprint density at radius 3 is 2.56 bits per heavy atom. The predicted octanol–water partition coefficient (Wildman–Crippen LogP) is 3.77. The summed E-state index contributed by atoms with van der Waals surface area (Å²) in [4.78, 5) is 13.8. The molecule has 1 aromatic rings. The van der Waals surface area contributed by atoms with E-state index in [9.17, 15) is 4.79 Å². The fourth-order valence-corrected chi connectivity index (χ4v) is 1.90. The molecule has 4 heteroatoms. The van der Waals surface area contributed by atoms with E-state index in [4.69, 9.17) is 23.2 Å². The number of halogens is 2. The number of nitrogens with zero attached hydrogens (tertiary/aromatic N) is 1. The van der Waals surface area contributed by atoms with Gasteiger partial charge in [-0.05, 0) is 37.9 Å². The van der Waals surface area contributed by atoms with E-state index < -0.39 is 0 Å². The van der Waals surface area contributed by atoms with Crippen molar-refractivity contribution in [1.29, 1.82) is 0 Å². The molecule has 0 aliphatic heterocycles. The van der Waals surface area contributed by atoms with Crippen molar-refractivity contribution in [3.05, 3.63) is 39.9 Å². The highest BCUT2D eigenvalue weighted by atomic mass is 35.5. The van der Waals surface area contributed by atoms with Crippen molar-refractivity contribution in [3.8, 4) is 0 Å². The maximum Gasteiger partial charge on any atom is 0.159 e. The first-order valence-corrected chi connectivity index (χ1v) is 6.47. The zero-order chi connectivity index (χ0) is 13.7. The van der Waals surface area contributed by atoms with Crippen LogP contribution in [-0.4, -0.2) is 31.3 Å². The molecule has 1 rings (SSSR count). The van der Waals surface area contributed by atoms with Crippen LogP contribution in [0.1, 0.15) is 12.5 Å². The molecule has 0 aromatic heterocycles. The summed E-state index contributed by atoms with van der Waals surface area (Å²) in [5, 5.41) is 1.01. The van der Waals surface area contributed by atoms with E-state index in [-0.39, 0.29) is 11.7 Å². The van der Waals surface area contributed by atoms with Gasteiger partial charge in [-0.25, -0.2) is 0 Å². The molecule has 0 spiro atoms. The molecule has 0 heterocycles. The van der Waals surface area contributed by atoms with Gasteiger partial charge in [0.05, 0.1) is 10.0 Å². The van der Waals surface area contributed by atoms with Crippen LogP contribution in [0.4, 0.5) is 0 Å². The lowest BCUT2D eigenvalue weighted by Crippen LogP contribution is -2.24. The SMILES string of the molecule is C[C@H](CN(C)C)C(=O)/C=C/c1ccc(Cl)c(Cl)c1. The molecular weight excluding hydrogens is 269 g/mol. The molecule has 0 fully saturated rings. The molecule has 0 aliphatic rings. The minimum absolute atomic E-state index is 0.0148. The highest BCUT2D eigenvalue weighted by Gasteiger charge is 2.10. The first-order chi connectivity index (χ1) is 8.40. The average molecular weight is 286 g/mol. The molecule has 0 saturated heterocycles. The summed E-state index contributed by atoms with van der Waals surface area (Å²) in [6.07, 6.45) is 3.35. The van der Waals surface area contributed by atoms with Crippen molar-refractivity contribution in [3.63, 3.8) is 0 Å². The number of carbonyl (C=O) groups excluding carboxylic acids is 1. The van der Waals surface area contributed by atoms with Gasteiger partial charge >= 0.3 is 0 Å². The summed E-state index contributed by atoms with van der Waals surface area (Å²) < 4.78 is 0. The Balaban J connectivity index is 2.68. The van der Waals surface area contributed by atoms with Crippen LogP contribution in [0.5, 0.6) is 0 Å². The number of carbonyl (C=O) groups is 1. The molecule has 18 heavy (non-hydrogen) atoms. The van der Waals surface area contributed by atoms with E-state index >= 15 is 0 Å². The molecule has 1 aromatic carbocycles. The Morgan fingerprint density at radius 2 is 2.00 bits per heavy atom. The van der Waals surface area contributed by atoms with Gasteiger partial charge in [0.1, 0.15) is 0 Å². The first-order valence-electron chi connectivity index (χ1n) is 5.72. The van der Waals surface area contributed by atoms with E-state index in [0.29, 0.717) is 10.0 Å². The van der Waals surface area contributed by atoms with Gasteiger partial charge in [0, 0.05) is 12.5 Å². The molecule has 2 nitrogen and oxygen atoms in total. The minimum atomic E-state index is -0.0148. The minimum Gasteiger partial charge on any atom is -0.309 e. The Morgan fingerprint density at radius 1 is 1.33 bits per heavy atom. The van der Waals surface area contributed by atoms with Crippen molar-refractivity contribution in [1.82, 2.24) is 4.90 Å². The summed E-state index contributed by atoms with van der Waals surface area (Å²) in [6.45, 7) is 2.66. The summed E-state index contributed by atoms with van der Waals surface area (Å²) >= 11 is 11.7. The summed E-state index contributed by atoms with van der Waals surface area (Å²) in [7, 11) is 3.90. The van der Waals surface area contributed by atoms with Crippen LogP contribution in [0.2, 0.25) is 10.0 Å². The highest BCUT2D eigenvalue weighted by Crippen LogP contribution is 2.23. The lowest BCUT2D eigenvalue weighted by molar-refractivity contribution is -0.118. The van der Waals surface area contributed by atoms with Gasteiger partial charge in [-0.15, -0.1) is 0 Å². The third-order valence-corrected chi connectivity index (χ3v) is 3.25. The lowest BCUT2D eigenvalue weighted by atomic mass is 10.0. The van der Waals surface area contributed by atoms with Gasteiger partial charge in [0.2, 0.25) is 0 Å². The van der Waals surface area contributed by atoms with Gasteiger partial charge in [-0.3, -0.25) is 4.79 Å². The maximum absolute atomic E-state index is 11.8. The smallest absolute Gasteiger partial charge is 0.159 e.